The number of carboxylic acid groups (broad SMARTS) is 1. The van der Waals surface area contributed by atoms with Crippen LogP contribution >= 0.6 is 0 Å². The highest BCUT2D eigenvalue weighted by Gasteiger charge is 2.38. The van der Waals surface area contributed by atoms with Crippen molar-refractivity contribution >= 4 is 29.6 Å². The highest BCUT2D eigenvalue weighted by molar-refractivity contribution is 5.95. The molecule has 198 valence electrons. The van der Waals surface area contributed by atoms with Crippen molar-refractivity contribution in [2.45, 2.75) is 69.1 Å². The molecule has 0 bridgehead atoms. The van der Waals surface area contributed by atoms with E-state index < -0.39 is 53.8 Å². The first-order valence-electron chi connectivity index (χ1n) is 12.1. The number of hydrogen-bond acceptors (Lipinski definition) is 7. The average Bonchev–Trinajstić information content (AvgIpc) is 3.33. The monoisotopic (exact) mass is 504 g/mol. The van der Waals surface area contributed by atoms with Crippen LogP contribution in [0, 0.1) is 0 Å². The minimum absolute atomic E-state index is 0.138. The molecule has 4 unspecified atom stereocenters. The van der Waals surface area contributed by atoms with Crippen LogP contribution in [0.25, 0.3) is 0 Å². The summed E-state index contributed by atoms with van der Waals surface area (Å²) in [6, 6.07) is 4.74. The van der Waals surface area contributed by atoms with Gasteiger partial charge in [0.25, 0.3) is 0 Å². The van der Waals surface area contributed by atoms with Crippen LogP contribution in [-0.4, -0.2) is 76.9 Å². The largest absolute Gasteiger partial charge is 0.480 e. The van der Waals surface area contributed by atoms with E-state index in [-0.39, 0.29) is 25.8 Å². The lowest BCUT2D eigenvalue weighted by Gasteiger charge is -2.29. The molecule has 1 heterocycles. The van der Waals surface area contributed by atoms with Crippen molar-refractivity contribution in [3.63, 3.8) is 0 Å². The van der Waals surface area contributed by atoms with E-state index in [1.54, 1.807) is 24.3 Å². The normalized spacial score (nSPS) is 17.6. The molecule has 0 radical (unpaired) electrons. The predicted octanol–water partition coefficient (Wildman–Crippen LogP) is -1.39. The van der Waals surface area contributed by atoms with E-state index in [1.165, 1.54) is 4.90 Å². The van der Waals surface area contributed by atoms with Crippen molar-refractivity contribution in [1.82, 2.24) is 15.5 Å². The molecular formula is C24H36N6O6. The molecule has 4 atom stereocenters. The smallest absolute Gasteiger partial charge is 0.326 e. The third kappa shape index (κ3) is 8.61. The second kappa shape index (κ2) is 14.1. The first-order valence-corrected chi connectivity index (χ1v) is 12.1. The number of carbonyl (C=O) groups is 5. The molecule has 36 heavy (non-hydrogen) atoms. The number of carboxylic acids is 1. The Labute approximate surface area is 209 Å². The van der Waals surface area contributed by atoms with Gasteiger partial charge in [0.1, 0.15) is 18.1 Å². The van der Waals surface area contributed by atoms with Crippen molar-refractivity contribution in [3.05, 3.63) is 35.9 Å². The van der Waals surface area contributed by atoms with E-state index >= 15 is 0 Å². The van der Waals surface area contributed by atoms with Gasteiger partial charge < -0.3 is 37.8 Å². The van der Waals surface area contributed by atoms with Gasteiger partial charge >= 0.3 is 5.97 Å². The number of nitrogens with zero attached hydrogens (tertiary/aromatic N) is 1. The molecule has 1 saturated heterocycles. The molecule has 1 aliphatic heterocycles. The molecule has 2 rings (SSSR count). The third-order valence-corrected chi connectivity index (χ3v) is 6.06. The Bertz CT molecular complexity index is 927. The molecule has 0 aromatic heterocycles. The van der Waals surface area contributed by atoms with Gasteiger partial charge in [0.15, 0.2) is 0 Å². The fourth-order valence-corrected chi connectivity index (χ4v) is 4.16. The van der Waals surface area contributed by atoms with Crippen molar-refractivity contribution in [1.29, 1.82) is 0 Å². The second-order valence-corrected chi connectivity index (χ2v) is 8.90. The number of nitrogens with two attached hydrogens (primary N) is 3. The van der Waals surface area contributed by atoms with E-state index in [4.69, 9.17) is 17.2 Å². The molecule has 9 N–H and O–H groups in total. The lowest BCUT2D eigenvalue weighted by atomic mass is 10.0. The number of primary amides is 1. The fraction of sp³-hybridized carbons (Fsp3) is 0.542. The Morgan fingerprint density at radius 3 is 2.31 bits per heavy atom. The van der Waals surface area contributed by atoms with Gasteiger partial charge in [-0.05, 0) is 44.2 Å². The van der Waals surface area contributed by atoms with Crippen LogP contribution in [0.15, 0.2) is 30.3 Å². The molecule has 0 saturated carbocycles. The van der Waals surface area contributed by atoms with Crippen LogP contribution in [0.3, 0.4) is 0 Å². The van der Waals surface area contributed by atoms with Crippen LogP contribution in [0.1, 0.15) is 44.1 Å². The number of likely N-dealkylation sites (tertiary alicyclic amines) is 1. The van der Waals surface area contributed by atoms with Gasteiger partial charge in [-0.15, -0.1) is 0 Å². The average molecular weight is 505 g/mol. The van der Waals surface area contributed by atoms with Crippen molar-refractivity contribution in [2.24, 2.45) is 17.2 Å². The summed E-state index contributed by atoms with van der Waals surface area (Å²) in [6.45, 7) is 0.666. The van der Waals surface area contributed by atoms with Gasteiger partial charge in [0.05, 0.1) is 12.5 Å². The third-order valence-electron chi connectivity index (χ3n) is 6.06. The Kier molecular flexibility index (Phi) is 11.3. The van der Waals surface area contributed by atoms with Gasteiger partial charge in [-0.3, -0.25) is 19.2 Å². The topological polar surface area (TPSA) is 211 Å². The molecule has 12 heteroatoms. The minimum Gasteiger partial charge on any atom is -0.480 e. The van der Waals surface area contributed by atoms with Gasteiger partial charge in [-0.1, -0.05) is 30.3 Å². The van der Waals surface area contributed by atoms with E-state index in [2.05, 4.69) is 10.6 Å². The standard InChI is InChI=1S/C24H36N6O6/c25-11-5-4-9-17(28-21(32)16(26)14-20(27)31)22(33)29-18(13-15-7-2-1-3-8-15)23(34)30-12-6-10-19(30)24(35)36/h1-3,7-8,16-19H,4-6,9-14,25-26H2,(H2,27,31)(H,28,32)(H,29,33)(H,35,36). The summed E-state index contributed by atoms with van der Waals surface area (Å²) in [5.41, 5.74) is 17.2. The molecule has 1 aliphatic rings. The predicted molar refractivity (Wildman–Crippen MR) is 131 cm³/mol. The molecule has 0 spiro atoms. The Balaban J connectivity index is 2.23. The maximum atomic E-state index is 13.4. The quantitative estimate of drug-likeness (QED) is 0.166. The molecule has 1 aromatic rings. The number of hydrogen-bond donors (Lipinski definition) is 6. The number of unbranched alkanes of at least 4 members (excludes halogenated alkanes) is 1. The van der Waals surface area contributed by atoms with E-state index in [0.29, 0.717) is 32.2 Å². The maximum Gasteiger partial charge on any atom is 0.326 e. The first kappa shape index (κ1) is 28.7. The molecule has 1 aromatic carbocycles. The summed E-state index contributed by atoms with van der Waals surface area (Å²) in [5, 5.41) is 14.8. The van der Waals surface area contributed by atoms with E-state index in [0.717, 1.165) is 5.56 Å². The van der Waals surface area contributed by atoms with E-state index in [1.807, 2.05) is 6.07 Å². The number of carbonyl (C=O) groups excluding carboxylic acids is 4. The Morgan fingerprint density at radius 2 is 1.69 bits per heavy atom. The lowest BCUT2D eigenvalue weighted by Crippen LogP contribution is -2.57. The van der Waals surface area contributed by atoms with Crippen LogP contribution in [0.4, 0.5) is 0 Å². The van der Waals surface area contributed by atoms with Gasteiger partial charge in [-0.2, -0.15) is 0 Å². The van der Waals surface area contributed by atoms with Crippen molar-refractivity contribution in [3.8, 4) is 0 Å². The zero-order valence-corrected chi connectivity index (χ0v) is 20.2. The van der Waals surface area contributed by atoms with Crippen LogP contribution in [-0.2, 0) is 30.4 Å². The number of nitrogens with one attached hydrogen (secondary N) is 2. The SMILES string of the molecule is NCCCCC(NC(=O)C(N)CC(N)=O)C(=O)NC(Cc1ccccc1)C(=O)N1CCCC1C(=O)O. The Morgan fingerprint density at radius 1 is 1.03 bits per heavy atom. The molecule has 0 aliphatic carbocycles. The van der Waals surface area contributed by atoms with Gasteiger partial charge in [-0.25, -0.2) is 4.79 Å². The minimum atomic E-state index is -1.23. The second-order valence-electron chi connectivity index (χ2n) is 8.90. The summed E-state index contributed by atoms with van der Waals surface area (Å²) in [5.74, 6) is -3.70. The highest BCUT2D eigenvalue weighted by Crippen LogP contribution is 2.20. The fourth-order valence-electron chi connectivity index (χ4n) is 4.16. The molecule has 12 nitrogen and oxygen atoms in total. The zero-order valence-electron chi connectivity index (χ0n) is 20.2. The van der Waals surface area contributed by atoms with Crippen molar-refractivity contribution in [2.75, 3.05) is 13.1 Å². The summed E-state index contributed by atoms with van der Waals surface area (Å²) in [7, 11) is 0. The summed E-state index contributed by atoms with van der Waals surface area (Å²) >= 11 is 0. The summed E-state index contributed by atoms with van der Waals surface area (Å²) < 4.78 is 0. The van der Waals surface area contributed by atoms with Crippen LogP contribution < -0.4 is 27.8 Å². The van der Waals surface area contributed by atoms with Crippen LogP contribution in [0.5, 0.6) is 0 Å². The number of aliphatic carboxylic acids is 1. The van der Waals surface area contributed by atoms with Gasteiger partial charge in [0.2, 0.25) is 23.6 Å². The zero-order chi connectivity index (χ0) is 26.7. The lowest BCUT2D eigenvalue weighted by molar-refractivity contribution is -0.149. The molecular weight excluding hydrogens is 468 g/mol. The number of rotatable bonds is 14. The van der Waals surface area contributed by atoms with E-state index in [9.17, 15) is 29.1 Å². The summed E-state index contributed by atoms with van der Waals surface area (Å²) in [6.07, 6.45) is 1.99. The van der Waals surface area contributed by atoms with Gasteiger partial charge in [0, 0.05) is 13.0 Å². The summed E-state index contributed by atoms with van der Waals surface area (Å²) in [4.78, 5) is 63.2. The van der Waals surface area contributed by atoms with Crippen molar-refractivity contribution < 1.29 is 29.1 Å². The molecule has 1 fully saturated rings. The first-order chi connectivity index (χ1) is 17.1. The highest BCUT2D eigenvalue weighted by atomic mass is 16.4. The Hall–Kier alpha value is -3.51. The number of amides is 4. The molecule has 4 amide bonds. The maximum absolute atomic E-state index is 13.4. The number of benzene rings is 1. The van der Waals surface area contributed by atoms with Crippen LogP contribution in [0.2, 0.25) is 0 Å².